The number of carbonyl (C=O) groups excluding carboxylic acids is 2. The summed E-state index contributed by atoms with van der Waals surface area (Å²) in [5.74, 6) is -1.73. The standard InChI is InChI=1S/C25H28F5N3O4/c1-14(2)16-6-4-5-7-17(16)24(12-33(13-24)20(35)11-10-19(34)25(28,29)30)22(36)32-18-9-8-15(3)31-21(18)37-23(26)27/h4-9,14,19,23,34H,10-13H2,1-3H3,(H,32,36). The van der Waals surface area contributed by atoms with Gasteiger partial charge in [0.25, 0.3) is 0 Å². The molecule has 7 nitrogen and oxygen atoms in total. The first-order chi connectivity index (χ1) is 17.2. The minimum absolute atomic E-state index is 0.00803. The number of ether oxygens (including phenoxy) is 1. The molecule has 3 rings (SSSR count). The number of alkyl halides is 5. The summed E-state index contributed by atoms with van der Waals surface area (Å²) in [4.78, 5) is 31.4. The number of hydrogen-bond donors (Lipinski definition) is 2. The number of amides is 2. The maximum absolute atomic E-state index is 13.7. The zero-order chi connectivity index (χ0) is 27.5. The van der Waals surface area contributed by atoms with Gasteiger partial charge in [-0.3, -0.25) is 9.59 Å². The van der Waals surface area contributed by atoms with Crippen LogP contribution in [0.5, 0.6) is 5.88 Å². The smallest absolute Gasteiger partial charge is 0.414 e. The number of hydrogen-bond acceptors (Lipinski definition) is 5. The summed E-state index contributed by atoms with van der Waals surface area (Å²) in [5.41, 5.74) is 0.429. The van der Waals surface area contributed by atoms with Crippen molar-refractivity contribution in [2.75, 3.05) is 18.4 Å². The number of carbonyl (C=O) groups is 2. The van der Waals surface area contributed by atoms with Crippen LogP contribution in [0.2, 0.25) is 0 Å². The van der Waals surface area contributed by atoms with Gasteiger partial charge in [-0.05, 0) is 42.5 Å². The van der Waals surface area contributed by atoms with Gasteiger partial charge in [-0.1, -0.05) is 38.1 Å². The summed E-state index contributed by atoms with van der Waals surface area (Å²) >= 11 is 0. The van der Waals surface area contributed by atoms with Crippen LogP contribution in [0.15, 0.2) is 36.4 Å². The number of aliphatic hydroxyl groups excluding tert-OH is 1. The maximum atomic E-state index is 13.7. The normalized spacial score (nSPS) is 15.9. The molecule has 1 unspecified atom stereocenters. The van der Waals surface area contributed by atoms with Crippen LogP contribution in [0, 0.1) is 6.92 Å². The van der Waals surface area contributed by atoms with E-state index in [1.807, 2.05) is 19.9 Å². The van der Waals surface area contributed by atoms with Crippen LogP contribution in [0.3, 0.4) is 0 Å². The van der Waals surface area contributed by atoms with Gasteiger partial charge in [0.1, 0.15) is 17.2 Å². The maximum Gasteiger partial charge on any atom is 0.414 e. The second-order valence-electron chi connectivity index (χ2n) is 9.31. The highest BCUT2D eigenvalue weighted by atomic mass is 19.4. The summed E-state index contributed by atoms with van der Waals surface area (Å²) in [6, 6.07) is 9.96. The zero-order valence-corrected chi connectivity index (χ0v) is 20.5. The fourth-order valence-corrected chi connectivity index (χ4v) is 4.28. The summed E-state index contributed by atoms with van der Waals surface area (Å²) in [6.45, 7) is 1.94. The molecule has 0 radical (unpaired) electrons. The van der Waals surface area contributed by atoms with Crippen LogP contribution in [0.1, 0.15) is 49.4 Å². The molecule has 2 aromatic rings. The van der Waals surface area contributed by atoms with Crippen molar-refractivity contribution < 1.29 is 41.4 Å². The van der Waals surface area contributed by atoms with Gasteiger partial charge in [0.2, 0.25) is 17.7 Å². The average Bonchev–Trinajstić information content (AvgIpc) is 2.77. The SMILES string of the molecule is Cc1ccc(NC(=O)C2(c3ccccc3C(C)C)CN(C(=O)CCC(O)C(F)(F)F)C2)c(OC(F)F)n1. The number of likely N-dealkylation sites (tertiary alicyclic amines) is 1. The van der Waals surface area contributed by atoms with Gasteiger partial charge in [0, 0.05) is 25.2 Å². The van der Waals surface area contributed by atoms with Crippen molar-refractivity contribution >= 4 is 17.5 Å². The molecule has 0 saturated carbocycles. The molecule has 2 heterocycles. The molecule has 202 valence electrons. The lowest BCUT2D eigenvalue weighted by atomic mass is 9.69. The third-order valence-corrected chi connectivity index (χ3v) is 6.27. The van der Waals surface area contributed by atoms with E-state index >= 15 is 0 Å². The molecule has 1 aliphatic rings. The average molecular weight is 530 g/mol. The largest absolute Gasteiger partial charge is 0.415 e. The number of pyridine rings is 1. The van der Waals surface area contributed by atoms with Crippen LogP contribution >= 0.6 is 0 Å². The molecule has 37 heavy (non-hydrogen) atoms. The topological polar surface area (TPSA) is 91.8 Å². The molecule has 0 spiro atoms. The number of nitrogens with one attached hydrogen (secondary N) is 1. The van der Waals surface area contributed by atoms with Gasteiger partial charge >= 0.3 is 12.8 Å². The van der Waals surface area contributed by atoms with E-state index in [9.17, 15) is 36.6 Å². The van der Waals surface area contributed by atoms with E-state index < -0.39 is 54.8 Å². The monoisotopic (exact) mass is 529 g/mol. The Kier molecular flexibility index (Phi) is 8.41. The fraction of sp³-hybridized carbons (Fsp3) is 0.480. The lowest BCUT2D eigenvalue weighted by Crippen LogP contribution is -2.66. The van der Waals surface area contributed by atoms with Gasteiger partial charge < -0.3 is 20.1 Å². The van der Waals surface area contributed by atoms with Crippen LogP contribution in [0.25, 0.3) is 0 Å². The number of anilines is 1. The number of rotatable bonds is 9. The minimum Gasteiger partial charge on any atom is -0.415 e. The first-order valence-corrected chi connectivity index (χ1v) is 11.6. The summed E-state index contributed by atoms with van der Waals surface area (Å²) in [6.07, 6.45) is -8.83. The molecule has 2 N–H and O–H groups in total. The van der Waals surface area contributed by atoms with Crippen LogP contribution in [0.4, 0.5) is 27.6 Å². The predicted molar refractivity (Wildman–Crippen MR) is 124 cm³/mol. The number of halogens is 5. The minimum atomic E-state index is -4.84. The van der Waals surface area contributed by atoms with E-state index in [2.05, 4.69) is 15.0 Å². The third kappa shape index (κ3) is 6.35. The molecular formula is C25H28F5N3O4. The predicted octanol–water partition coefficient (Wildman–Crippen LogP) is 4.54. The Balaban J connectivity index is 1.89. The molecular weight excluding hydrogens is 501 g/mol. The molecule has 1 aromatic heterocycles. The molecule has 1 fully saturated rings. The van der Waals surface area contributed by atoms with Gasteiger partial charge in [-0.25, -0.2) is 4.98 Å². The van der Waals surface area contributed by atoms with Crippen molar-refractivity contribution in [3.05, 3.63) is 53.2 Å². The molecule has 1 atom stereocenters. The van der Waals surface area contributed by atoms with Gasteiger partial charge in [-0.2, -0.15) is 22.0 Å². The number of aliphatic hydroxyl groups is 1. The zero-order valence-electron chi connectivity index (χ0n) is 20.5. The van der Waals surface area contributed by atoms with Crippen molar-refractivity contribution in [3.63, 3.8) is 0 Å². The van der Waals surface area contributed by atoms with Gasteiger partial charge in [0.05, 0.1) is 0 Å². The van der Waals surface area contributed by atoms with Crippen LogP contribution < -0.4 is 10.1 Å². The lowest BCUT2D eigenvalue weighted by Gasteiger charge is -2.50. The summed E-state index contributed by atoms with van der Waals surface area (Å²) < 4.78 is 68.2. The van der Waals surface area contributed by atoms with E-state index in [0.717, 1.165) is 5.56 Å². The molecule has 2 amide bonds. The lowest BCUT2D eigenvalue weighted by molar-refractivity contribution is -0.206. The first kappa shape index (κ1) is 28.3. The van der Waals surface area contributed by atoms with E-state index in [-0.39, 0.29) is 24.7 Å². The Morgan fingerprint density at radius 2 is 1.81 bits per heavy atom. The van der Waals surface area contributed by atoms with Crippen molar-refractivity contribution in [2.45, 2.75) is 63.8 Å². The van der Waals surface area contributed by atoms with Crippen molar-refractivity contribution in [3.8, 4) is 5.88 Å². The number of benzene rings is 1. The van der Waals surface area contributed by atoms with Gasteiger partial charge in [-0.15, -0.1) is 0 Å². The molecule has 0 aliphatic carbocycles. The quantitative estimate of drug-likeness (QED) is 0.466. The Bertz CT molecular complexity index is 1130. The molecule has 12 heteroatoms. The second-order valence-corrected chi connectivity index (χ2v) is 9.31. The fourth-order valence-electron chi connectivity index (χ4n) is 4.28. The van der Waals surface area contributed by atoms with E-state index in [4.69, 9.17) is 0 Å². The number of aryl methyl sites for hydroxylation is 1. The van der Waals surface area contributed by atoms with E-state index in [1.54, 1.807) is 25.1 Å². The third-order valence-electron chi connectivity index (χ3n) is 6.27. The molecule has 0 bridgehead atoms. The van der Waals surface area contributed by atoms with Crippen LogP contribution in [-0.4, -0.2) is 58.8 Å². The Hall–Kier alpha value is -3.28. The Labute approximate surface area is 210 Å². The Morgan fingerprint density at radius 1 is 1.16 bits per heavy atom. The van der Waals surface area contributed by atoms with Crippen LogP contribution in [-0.2, 0) is 15.0 Å². The highest BCUT2D eigenvalue weighted by Gasteiger charge is 2.53. The molecule has 1 aromatic carbocycles. The summed E-state index contributed by atoms with van der Waals surface area (Å²) in [5, 5.41) is 11.8. The summed E-state index contributed by atoms with van der Waals surface area (Å²) in [7, 11) is 0. The molecule has 1 saturated heterocycles. The molecule has 1 aliphatic heterocycles. The number of nitrogens with zero attached hydrogens (tertiary/aromatic N) is 2. The first-order valence-electron chi connectivity index (χ1n) is 11.6. The van der Waals surface area contributed by atoms with E-state index in [1.165, 1.54) is 17.0 Å². The van der Waals surface area contributed by atoms with Crippen molar-refractivity contribution in [1.82, 2.24) is 9.88 Å². The number of aromatic nitrogens is 1. The second kappa shape index (κ2) is 11.0. The highest BCUT2D eigenvalue weighted by molar-refractivity contribution is 6.02. The van der Waals surface area contributed by atoms with E-state index in [0.29, 0.717) is 11.3 Å². The van der Waals surface area contributed by atoms with Crippen molar-refractivity contribution in [1.29, 1.82) is 0 Å². The van der Waals surface area contributed by atoms with Crippen molar-refractivity contribution in [2.24, 2.45) is 0 Å². The van der Waals surface area contributed by atoms with Gasteiger partial charge in [0.15, 0.2) is 0 Å². The highest BCUT2D eigenvalue weighted by Crippen LogP contribution is 2.41. The Morgan fingerprint density at radius 3 is 2.41 bits per heavy atom.